The fourth-order valence-corrected chi connectivity index (χ4v) is 1.11. The second-order valence-electron chi connectivity index (χ2n) is 2.96. The molecule has 0 aliphatic heterocycles. The van der Waals surface area contributed by atoms with Crippen LogP contribution in [0.15, 0.2) is 12.1 Å². The average Bonchev–Trinajstić information content (AvgIpc) is 1.82. The van der Waals surface area contributed by atoms with Crippen LogP contribution < -0.4 is 5.11 Å². The van der Waals surface area contributed by atoms with E-state index in [1.165, 1.54) is 0 Å². The highest BCUT2D eigenvalue weighted by Gasteiger charge is 2.11. The van der Waals surface area contributed by atoms with Gasteiger partial charge in [-0.3, -0.25) is 0 Å². The van der Waals surface area contributed by atoms with E-state index in [1.807, 2.05) is 0 Å². The molecule has 66 valence electrons. The van der Waals surface area contributed by atoms with Gasteiger partial charge in [0.25, 0.3) is 0 Å². The fraction of sp³-hybridized carbons (Fsp3) is 0.333. The lowest BCUT2D eigenvalue weighted by Gasteiger charge is -2.12. The Hall–Kier alpha value is -1.12. The fourth-order valence-electron chi connectivity index (χ4n) is 1.11. The number of hydrogen-bond acceptors (Lipinski definition) is 1. The predicted octanol–water partition coefficient (Wildman–Crippen LogP) is 2.16. The van der Waals surface area contributed by atoms with Crippen LogP contribution in [-0.2, 0) is 0 Å². The standard InChI is InChI=1S/C9H10F2O/c1-5(2)9-7(10)3-6(12)4-8(9)11/h3-5,12H,1-2H3/p-1. The maximum Gasteiger partial charge on any atom is 0.128 e. The van der Waals surface area contributed by atoms with Crippen molar-refractivity contribution in [2.75, 3.05) is 0 Å². The molecule has 1 nitrogen and oxygen atoms in total. The second kappa shape index (κ2) is 3.09. The summed E-state index contributed by atoms with van der Waals surface area (Å²) < 4.78 is 25.8. The van der Waals surface area contributed by atoms with Gasteiger partial charge in [-0.1, -0.05) is 13.8 Å². The van der Waals surface area contributed by atoms with Gasteiger partial charge in [0.05, 0.1) is 0 Å². The largest absolute Gasteiger partial charge is 0.872 e. The average molecular weight is 171 g/mol. The summed E-state index contributed by atoms with van der Waals surface area (Å²) in [4.78, 5) is 0. The van der Waals surface area contributed by atoms with Gasteiger partial charge in [-0.05, 0) is 18.1 Å². The molecule has 1 rings (SSSR count). The lowest BCUT2D eigenvalue weighted by Crippen LogP contribution is -2.01. The molecule has 0 saturated heterocycles. The number of benzene rings is 1. The van der Waals surface area contributed by atoms with Crippen molar-refractivity contribution in [3.63, 3.8) is 0 Å². The first kappa shape index (κ1) is 8.97. The van der Waals surface area contributed by atoms with Gasteiger partial charge < -0.3 is 5.11 Å². The molecule has 0 N–H and O–H groups in total. The zero-order chi connectivity index (χ0) is 9.30. The molecule has 0 spiro atoms. The molecule has 0 aliphatic rings. The van der Waals surface area contributed by atoms with Crippen LogP contribution in [0.1, 0.15) is 25.3 Å². The zero-order valence-electron chi connectivity index (χ0n) is 6.90. The molecule has 0 saturated carbocycles. The van der Waals surface area contributed by atoms with Gasteiger partial charge >= 0.3 is 0 Å². The van der Waals surface area contributed by atoms with E-state index in [0.29, 0.717) is 0 Å². The van der Waals surface area contributed by atoms with Gasteiger partial charge in [0, 0.05) is 5.56 Å². The highest BCUT2D eigenvalue weighted by molar-refractivity contribution is 5.30. The second-order valence-corrected chi connectivity index (χ2v) is 2.96. The van der Waals surface area contributed by atoms with Crippen LogP contribution in [0.4, 0.5) is 8.78 Å². The first-order valence-electron chi connectivity index (χ1n) is 3.68. The zero-order valence-corrected chi connectivity index (χ0v) is 6.90. The molecule has 0 fully saturated rings. The third kappa shape index (κ3) is 1.55. The Balaban J connectivity index is 3.28. The molecule has 0 atom stereocenters. The molecule has 0 aromatic heterocycles. The van der Waals surface area contributed by atoms with Crippen LogP contribution >= 0.6 is 0 Å². The number of hydrogen-bond donors (Lipinski definition) is 0. The van der Waals surface area contributed by atoms with E-state index in [1.54, 1.807) is 13.8 Å². The molecule has 1 aromatic carbocycles. The van der Waals surface area contributed by atoms with Crippen LogP contribution in [0.2, 0.25) is 0 Å². The van der Waals surface area contributed by atoms with Crippen molar-refractivity contribution in [1.29, 1.82) is 0 Å². The minimum absolute atomic E-state index is 0.0189. The van der Waals surface area contributed by atoms with Gasteiger partial charge in [0.1, 0.15) is 11.6 Å². The van der Waals surface area contributed by atoms with E-state index in [-0.39, 0.29) is 11.5 Å². The first-order valence-corrected chi connectivity index (χ1v) is 3.68. The van der Waals surface area contributed by atoms with E-state index in [0.717, 1.165) is 12.1 Å². The summed E-state index contributed by atoms with van der Waals surface area (Å²) in [5.41, 5.74) is -0.0189. The topological polar surface area (TPSA) is 23.1 Å². The Morgan fingerprint density at radius 1 is 1.17 bits per heavy atom. The molecule has 0 amide bonds. The summed E-state index contributed by atoms with van der Waals surface area (Å²) >= 11 is 0. The molecule has 1 aromatic rings. The van der Waals surface area contributed by atoms with Crippen molar-refractivity contribution in [3.05, 3.63) is 29.3 Å². The molecule has 0 radical (unpaired) electrons. The monoisotopic (exact) mass is 171 g/mol. The van der Waals surface area contributed by atoms with Crippen molar-refractivity contribution in [1.82, 2.24) is 0 Å². The SMILES string of the molecule is CC(C)c1c(F)cc([O-])cc1F. The van der Waals surface area contributed by atoms with Crippen LogP contribution in [0.25, 0.3) is 0 Å². The molecule has 3 heteroatoms. The molecule has 12 heavy (non-hydrogen) atoms. The van der Waals surface area contributed by atoms with Crippen LogP contribution in [-0.4, -0.2) is 0 Å². The molecular formula is C9H9F2O-. The maximum absolute atomic E-state index is 12.9. The number of halogens is 2. The van der Waals surface area contributed by atoms with E-state index >= 15 is 0 Å². The number of rotatable bonds is 1. The third-order valence-electron chi connectivity index (χ3n) is 1.63. The Labute approximate surface area is 69.7 Å². The van der Waals surface area contributed by atoms with Crippen molar-refractivity contribution < 1.29 is 13.9 Å². The molecule has 0 unspecified atom stereocenters. The summed E-state index contributed by atoms with van der Waals surface area (Å²) in [6.07, 6.45) is 0. The Kier molecular flexibility index (Phi) is 2.31. The van der Waals surface area contributed by atoms with Gasteiger partial charge in [-0.25, -0.2) is 8.78 Å². The smallest absolute Gasteiger partial charge is 0.128 e. The summed E-state index contributed by atoms with van der Waals surface area (Å²) in [6, 6.07) is 1.61. The Bertz CT molecular complexity index is 272. The quantitative estimate of drug-likeness (QED) is 0.635. The van der Waals surface area contributed by atoms with Crippen molar-refractivity contribution >= 4 is 0 Å². The van der Waals surface area contributed by atoms with E-state index < -0.39 is 17.4 Å². The van der Waals surface area contributed by atoms with E-state index in [9.17, 15) is 13.9 Å². The minimum atomic E-state index is -0.755. The molecular weight excluding hydrogens is 162 g/mol. The summed E-state index contributed by atoms with van der Waals surface area (Å²) in [5.74, 6) is -2.38. The van der Waals surface area contributed by atoms with Crippen LogP contribution in [0.3, 0.4) is 0 Å². The minimum Gasteiger partial charge on any atom is -0.872 e. The predicted molar refractivity (Wildman–Crippen MR) is 39.9 cm³/mol. The van der Waals surface area contributed by atoms with Gasteiger partial charge in [0.15, 0.2) is 0 Å². The maximum atomic E-state index is 12.9. The van der Waals surface area contributed by atoms with Crippen LogP contribution in [0.5, 0.6) is 5.75 Å². The van der Waals surface area contributed by atoms with E-state index in [4.69, 9.17) is 0 Å². The first-order chi connectivity index (χ1) is 5.52. The molecule has 0 heterocycles. The summed E-state index contributed by atoms with van der Waals surface area (Å²) in [5, 5.41) is 10.6. The van der Waals surface area contributed by atoms with Crippen molar-refractivity contribution in [3.8, 4) is 5.75 Å². The van der Waals surface area contributed by atoms with Crippen molar-refractivity contribution in [2.45, 2.75) is 19.8 Å². The summed E-state index contributed by atoms with van der Waals surface area (Å²) in [6.45, 7) is 3.35. The van der Waals surface area contributed by atoms with Crippen LogP contribution in [0, 0.1) is 11.6 Å². The third-order valence-corrected chi connectivity index (χ3v) is 1.63. The highest BCUT2D eigenvalue weighted by Crippen LogP contribution is 2.24. The lowest BCUT2D eigenvalue weighted by molar-refractivity contribution is -0.268. The lowest BCUT2D eigenvalue weighted by atomic mass is 10.0. The Morgan fingerprint density at radius 3 is 1.92 bits per heavy atom. The summed E-state index contributed by atoms with van der Waals surface area (Å²) in [7, 11) is 0. The van der Waals surface area contributed by atoms with Crippen molar-refractivity contribution in [2.24, 2.45) is 0 Å². The van der Waals surface area contributed by atoms with Gasteiger partial charge in [-0.15, -0.1) is 5.75 Å². The molecule has 0 aliphatic carbocycles. The van der Waals surface area contributed by atoms with E-state index in [2.05, 4.69) is 0 Å². The van der Waals surface area contributed by atoms with Gasteiger partial charge in [-0.2, -0.15) is 0 Å². The highest BCUT2D eigenvalue weighted by atomic mass is 19.1. The Morgan fingerprint density at radius 2 is 1.58 bits per heavy atom. The normalized spacial score (nSPS) is 10.8. The molecule has 0 bridgehead atoms. The van der Waals surface area contributed by atoms with Gasteiger partial charge in [0.2, 0.25) is 0 Å².